The molecule has 9 heteroatoms. The van der Waals surface area contributed by atoms with Crippen molar-refractivity contribution in [1.82, 2.24) is 19.0 Å². The second kappa shape index (κ2) is 5.64. The normalized spacial score (nSPS) is 20.0. The van der Waals surface area contributed by atoms with Crippen LogP contribution < -0.4 is 0 Å². The summed E-state index contributed by atoms with van der Waals surface area (Å²) in [7, 11) is -1.48. The molecule has 0 saturated carbocycles. The van der Waals surface area contributed by atoms with E-state index in [-0.39, 0.29) is 12.5 Å². The third-order valence-corrected chi connectivity index (χ3v) is 5.43. The van der Waals surface area contributed by atoms with Gasteiger partial charge in [0.1, 0.15) is 0 Å². The summed E-state index contributed by atoms with van der Waals surface area (Å²) < 4.78 is 31.9. The molecule has 0 unspecified atom stereocenters. The molecule has 0 aliphatic carbocycles. The van der Waals surface area contributed by atoms with E-state index in [1.54, 1.807) is 16.6 Å². The Labute approximate surface area is 129 Å². The Morgan fingerprint density at radius 1 is 1.23 bits per heavy atom. The molecular formula is C13H20N4O4S. The molecule has 1 aromatic rings. The van der Waals surface area contributed by atoms with E-state index in [0.29, 0.717) is 45.0 Å². The molecule has 1 fully saturated rings. The molecule has 0 N–H and O–H groups in total. The van der Waals surface area contributed by atoms with Crippen molar-refractivity contribution < 1.29 is 17.9 Å². The number of amides is 1. The number of hydrogen-bond donors (Lipinski definition) is 0. The number of sulfonamides is 1. The van der Waals surface area contributed by atoms with Crippen LogP contribution in [0.25, 0.3) is 0 Å². The molecule has 122 valence electrons. The van der Waals surface area contributed by atoms with E-state index in [9.17, 15) is 13.2 Å². The summed E-state index contributed by atoms with van der Waals surface area (Å²) in [6.45, 7) is 2.77. The quantitative estimate of drug-likeness (QED) is 0.710. The summed E-state index contributed by atoms with van der Waals surface area (Å²) in [6, 6.07) is 0. The number of morpholine rings is 1. The van der Waals surface area contributed by atoms with Gasteiger partial charge in [0, 0.05) is 50.9 Å². The molecule has 0 radical (unpaired) electrons. The molecule has 22 heavy (non-hydrogen) atoms. The highest BCUT2D eigenvalue weighted by Gasteiger charge is 2.32. The molecule has 0 aromatic carbocycles. The van der Waals surface area contributed by atoms with Crippen molar-refractivity contribution in [1.29, 1.82) is 0 Å². The average molecular weight is 328 g/mol. The smallest absolute Gasteiger partial charge is 0.274 e. The number of fused-ring (bicyclic) bond motifs is 1. The van der Waals surface area contributed by atoms with Gasteiger partial charge in [-0.15, -0.1) is 0 Å². The van der Waals surface area contributed by atoms with Gasteiger partial charge >= 0.3 is 0 Å². The van der Waals surface area contributed by atoms with Crippen molar-refractivity contribution in [2.24, 2.45) is 7.05 Å². The number of carbonyl (C=O) groups excluding carboxylic acids is 1. The lowest BCUT2D eigenvalue weighted by molar-refractivity contribution is 0.0297. The largest absolute Gasteiger partial charge is 0.378 e. The van der Waals surface area contributed by atoms with E-state index in [1.807, 2.05) is 0 Å². The number of carbonyl (C=O) groups is 1. The molecule has 2 aliphatic heterocycles. The monoisotopic (exact) mass is 328 g/mol. The Hall–Kier alpha value is -1.45. The van der Waals surface area contributed by atoms with Crippen LogP contribution in [0.4, 0.5) is 0 Å². The van der Waals surface area contributed by atoms with E-state index in [4.69, 9.17) is 4.74 Å². The summed E-state index contributed by atoms with van der Waals surface area (Å²) in [5, 5.41) is 4.35. The van der Waals surface area contributed by atoms with E-state index in [2.05, 4.69) is 5.10 Å². The minimum absolute atomic E-state index is 0.143. The lowest BCUT2D eigenvalue weighted by Crippen LogP contribution is -2.42. The van der Waals surface area contributed by atoms with E-state index < -0.39 is 10.0 Å². The van der Waals surface area contributed by atoms with Crippen LogP contribution in [0.5, 0.6) is 0 Å². The predicted molar refractivity (Wildman–Crippen MR) is 78.9 cm³/mol. The van der Waals surface area contributed by atoms with Crippen molar-refractivity contribution in [3.05, 3.63) is 17.0 Å². The molecule has 8 nitrogen and oxygen atoms in total. The third kappa shape index (κ3) is 2.75. The SMILES string of the molecule is Cn1nc(C(=O)N2CCOCC2)c2c1CCN(S(C)(=O)=O)C2. The van der Waals surface area contributed by atoms with Gasteiger partial charge < -0.3 is 9.64 Å². The molecule has 0 spiro atoms. The first-order valence-corrected chi connectivity index (χ1v) is 9.09. The van der Waals surface area contributed by atoms with Crippen molar-refractivity contribution in [2.45, 2.75) is 13.0 Å². The van der Waals surface area contributed by atoms with Crippen LogP contribution in [-0.2, 0) is 34.8 Å². The number of hydrogen-bond acceptors (Lipinski definition) is 5. The maximum atomic E-state index is 12.7. The van der Waals surface area contributed by atoms with Crippen LogP contribution in [0, 0.1) is 0 Å². The first kappa shape index (κ1) is 15.4. The highest BCUT2D eigenvalue weighted by atomic mass is 32.2. The van der Waals surface area contributed by atoms with E-state index in [1.165, 1.54) is 10.6 Å². The predicted octanol–water partition coefficient (Wildman–Crippen LogP) is -0.790. The van der Waals surface area contributed by atoms with Gasteiger partial charge in [-0.05, 0) is 0 Å². The van der Waals surface area contributed by atoms with Crippen LogP contribution in [0.15, 0.2) is 0 Å². The fourth-order valence-corrected chi connectivity index (χ4v) is 3.73. The fourth-order valence-electron chi connectivity index (χ4n) is 2.94. The second-order valence-corrected chi connectivity index (χ2v) is 7.63. The molecule has 0 bridgehead atoms. The van der Waals surface area contributed by atoms with Crippen molar-refractivity contribution in [3.63, 3.8) is 0 Å². The van der Waals surface area contributed by atoms with Gasteiger partial charge in [-0.2, -0.15) is 9.40 Å². The molecule has 1 amide bonds. The topological polar surface area (TPSA) is 84.7 Å². The molecule has 1 aromatic heterocycles. The standard InChI is InChI=1S/C13H20N4O4S/c1-15-11-3-4-17(22(2,19)20)9-10(11)12(14-15)13(18)16-5-7-21-8-6-16/h3-9H2,1-2H3. The van der Waals surface area contributed by atoms with Gasteiger partial charge in [-0.25, -0.2) is 8.42 Å². The Morgan fingerprint density at radius 3 is 2.55 bits per heavy atom. The lowest BCUT2D eigenvalue weighted by Gasteiger charge is -2.28. The van der Waals surface area contributed by atoms with E-state index in [0.717, 1.165) is 11.3 Å². The van der Waals surface area contributed by atoms with Gasteiger partial charge in [0.2, 0.25) is 10.0 Å². The molecule has 3 rings (SSSR count). The lowest BCUT2D eigenvalue weighted by atomic mass is 10.1. The number of aryl methyl sites for hydroxylation is 1. The molecule has 2 aliphatic rings. The number of rotatable bonds is 2. The van der Waals surface area contributed by atoms with Gasteiger partial charge in [0.15, 0.2) is 5.69 Å². The zero-order chi connectivity index (χ0) is 15.9. The maximum Gasteiger partial charge on any atom is 0.274 e. The minimum Gasteiger partial charge on any atom is -0.378 e. The molecular weight excluding hydrogens is 308 g/mol. The number of aromatic nitrogens is 2. The summed E-state index contributed by atoms with van der Waals surface area (Å²) in [4.78, 5) is 14.4. The van der Waals surface area contributed by atoms with Gasteiger partial charge in [0.05, 0.1) is 19.5 Å². The fraction of sp³-hybridized carbons (Fsp3) is 0.692. The molecule has 0 atom stereocenters. The summed E-state index contributed by atoms with van der Waals surface area (Å²) in [6.07, 6.45) is 1.76. The van der Waals surface area contributed by atoms with Gasteiger partial charge in [-0.1, -0.05) is 0 Å². The maximum absolute atomic E-state index is 12.7. The minimum atomic E-state index is -3.28. The summed E-state index contributed by atoms with van der Waals surface area (Å²) in [5.74, 6) is -0.143. The zero-order valence-electron chi connectivity index (χ0n) is 12.8. The van der Waals surface area contributed by atoms with Crippen molar-refractivity contribution >= 4 is 15.9 Å². The van der Waals surface area contributed by atoms with Crippen LogP contribution in [-0.4, -0.2) is 72.4 Å². The second-order valence-electron chi connectivity index (χ2n) is 5.65. The van der Waals surface area contributed by atoms with E-state index >= 15 is 0 Å². The Kier molecular flexibility index (Phi) is 3.96. The highest BCUT2D eigenvalue weighted by molar-refractivity contribution is 7.88. The average Bonchev–Trinajstić information content (AvgIpc) is 2.83. The number of ether oxygens (including phenoxy) is 1. The van der Waals surface area contributed by atoms with Crippen LogP contribution in [0.3, 0.4) is 0 Å². The Balaban J connectivity index is 1.92. The first-order valence-electron chi connectivity index (χ1n) is 7.25. The first-order chi connectivity index (χ1) is 10.4. The summed E-state index contributed by atoms with van der Waals surface area (Å²) in [5.41, 5.74) is 2.04. The Morgan fingerprint density at radius 2 is 1.91 bits per heavy atom. The molecule has 3 heterocycles. The Bertz CT molecular complexity index is 691. The highest BCUT2D eigenvalue weighted by Crippen LogP contribution is 2.24. The molecule has 1 saturated heterocycles. The van der Waals surface area contributed by atoms with Crippen molar-refractivity contribution in [3.8, 4) is 0 Å². The zero-order valence-corrected chi connectivity index (χ0v) is 13.6. The van der Waals surface area contributed by atoms with Gasteiger partial charge in [-0.3, -0.25) is 9.48 Å². The summed E-state index contributed by atoms with van der Waals surface area (Å²) >= 11 is 0. The van der Waals surface area contributed by atoms with Gasteiger partial charge in [0.25, 0.3) is 5.91 Å². The third-order valence-electron chi connectivity index (χ3n) is 4.18. The van der Waals surface area contributed by atoms with Crippen molar-refractivity contribution in [2.75, 3.05) is 39.1 Å². The van der Waals surface area contributed by atoms with Crippen LogP contribution in [0.1, 0.15) is 21.7 Å². The van der Waals surface area contributed by atoms with Crippen LogP contribution in [0.2, 0.25) is 0 Å². The number of nitrogens with zero attached hydrogens (tertiary/aromatic N) is 4. The van der Waals surface area contributed by atoms with Crippen LogP contribution >= 0.6 is 0 Å².